The van der Waals surface area contributed by atoms with E-state index in [1.165, 1.54) is 23.5 Å². The molecule has 98 valence electrons. The van der Waals surface area contributed by atoms with E-state index in [9.17, 15) is 9.18 Å². The quantitative estimate of drug-likeness (QED) is 0.828. The zero-order valence-electron chi connectivity index (χ0n) is 10.2. The van der Waals surface area contributed by atoms with Gasteiger partial charge < -0.3 is 11.1 Å². The first-order valence-electron chi connectivity index (χ1n) is 6.08. The topological polar surface area (TPSA) is 55.1 Å². The number of nitrogens with one attached hydrogen (secondary N) is 1. The Morgan fingerprint density at radius 1 is 1.37 bits per heavy atom. The first-order chi connectivity index (χ1) is 9.15. The minimum absolute atomic E-state index is 0.147. The van der Waals surface area contributed by atoms with Crippen LogP contribution in [0.25, 0.3) is 10.1 Å². The predicted molar refractivity (Wildman–Crippen MR) is 75.8 cm³/mol. The smallest absolute Gasteiger partial charge is 0.263 e. The highest BCUT2D eigenvalue weighted by Crippen LogP contribution is 2.34. The van der Waals surface area contributed by atoms with Crippen molar-refractivity contribution < 1.29 is 9.18 Å². The van der Waals surface area contributed by atoms with Gasteiger partial charge in [-0.15, -0.1) is 11.3 Å². The lowest BCUT2D eigenvalue weighted by atomic mass is 10.2. The van der Waals surface area contributed by atoms with Crippen LogP contribution >= 0.6 is 11.3 Å². The molecule has 3 N–H and O–H groups in total. The fourth-order valence-electron chi connectivity index (χ4n) is 2.24. The summed E-state index contributed by atoms with van der Waals surface area (Å²) in [6, 6.07) is 4.55. The average Bonchev–Trinajstić information content (AvgIpc) is 2.98. The Morgan fingerprint density at radius 2 is 2.11 bits per heavy atom. The summed E-state index contributed by atoms with van der Waals surface area (Å²) >= 11 is 1.30. The SMILES string of the molecule is Nc1c(C(=O)NC2CC=CC2)sc2ccc(F)cc12. The second-order valence-corrected chi connectivity index (χ2v) is 5.65. The Balaban J connectivity index is 1.91. The van der Waals surface area contributed by atoms with Gasteiger partial charge in [-0.2, -0.15) is 0 Å². The van der Waals surface area contributed by atoms with Gasteiger partial charge in [-0.3, -0.25) is 4.79 Å². The largest absolute Gasteiger partial charge is 0.397 e. The molecule has 0 saturated heterocycles. The molecule has 1 aromatic heterocycles. The number of nitrogens with two attached hydrogens (primary N) is 1. The van der Waals surface area contributed by atoms with Gasteiger partial charge in [-0.05, 0) is 31.0 Å². The first kappa shape index (κ1) is 12.2. The number of carbonyl (C=O) groups excluding carboxylic acids is 1. The highest BCUT2D eigenvalue weighted by atomic mass is 32.1. The van der Waals surface area contributed by atoms with Gasteiger partial charge in [0.1, 0.15) is 10.7 Å². The lowest BCUT2D eigenvalue weighted by Crippen LogP contribution is -2.32. The molecular formula is C14H13FN2OS. The zero-order valence-corrected chi connectivity index (χ0v) is 11.0. The molecule has 3 nitrogen and oxygen atoms in total. The van der Waals surface area contributed by atoms with E-state index in [0.29, 0.717) is 16.0 Å². The van der Waals surface area contributed by atoms with Gasteiger partial charge in [0.05, 0.1) is 5.69 Å². The van der Waals surface area contributed by atoms with E-state index in [2.05, 4.69) is 17.5 Å². The van der Waals surface area contributed by atoms with Crippen LogP contribution in [-0.4, -0.2) is 11.9 Å². The van der Waals surface area contributed by atoms with Crippen LogP contribution in [-0.2, 0) is 0 Å². The van der Waals surface area contributed by atoms with Crippen molar-refractivity contribution >= 4 is 33.0 Å². The monoisotopic (exact) mass is 276 g/mol. The Kier molecular flexibility index (Phi) is 2.98. The highest BCUT2D eigenvalue weighted by Gasteiger charge is 2.20. The van der Waals surface area contributed by atoms with E-state index in [1.54, 1.807) is 6.07 Å². The molecule has 1 aliphatic rings. The summed E-state index contributed by atoms with van der Waals surface area (Å²) in [5, 5.41) is 3.56. The lowest BCUT2D eigenvalue weighted by molar-refractivity contribution is 0.0944. The van der Waals surface area contributed by atoms with E-state index >= 15 is 0 Å². The maximum absolute atomic E-state index is 13.2. The number of benzene rings is 1. The number of amides is 1. The summed E-state index contributed by atoms with van der Waals surface area (Å²) in [6.45, 7) is 0. The number of nitrogen functional groups attached to an aromatic ring is 1. The molecule has 1 aliphatic carbocycles. The number of thiophene rings is 1. The number of hydrogen-bond acceptors (Lipinski definition) is 3. The van der Waals surface area contributed by atoms with Crippen molar-refractivity contribution in [1.29, 1.82) is 0 Å². The molecule has 0 aliphatic heterocycles. The van der Waals surface area contributed by atoms with Gasteiger partial charge in [-0.25, -0.2) is 4.39 Å². The van der Waals surface area contributed by atoms with Crippen molar-refractivity contribution in [2.75, 3.05) is 5.73 Å². The third kappa shape index (κ3) is 2.21. The van der Waals surface area contributed by atoms with E-state index in [0.717, 1.165) is 17.5 Å². The van der Waals surface area contributed by atoms with Crippen LogP contribution in [0.1, 0.15) is 22.5 Å². The van der Waals surface area contributed by atoms with Gasteiger partial charge >= 0.3 is 0 Å². The number of hydrogen-bond donors (Lipinski definition) is 2. The maximum atomic E-state index is 13.2. The number of halogens is 1. The van der Waals surface area contributed by atoms with Crippen LogP contribution in [0.5, 0.6) is 0 Å². The molecule has 1 heterocycles. The zero-order chi connectivity index (χ0) is 13.4. The van der Waals surface area contributed by atoms with Crippen LogP contribution in [0.15, 0.2) is 30.4 Å². The molecule has 0 unspecified atom stereocenters. The Bertz CT molecular complexity index is 669. The fraction of sp³-hybridized carbons (Fsp3) is 0.214. The molecule has 0 saturated carbocycles. The predicted octanol–water partition coefficient (Wildman–Crippen LogP) is 3.07. The van der Waals surface area contributed by atoms with Crippen LogP contribution in [0.2, 0.25) is 0 Å². The summed E-state index contributed by atoms with van der Waals surface area (Å²) < 4.78 is 14.0. The first-order valence-corrected chi connectivity index (χ1v) is 6.90. The van der Waals surface area contributed by atoms with Crippen molar-refractivity contribution in [1.82, 2.24) is 5.32 Å². The Hall–Kier alpha value is -1.88. The molecule has 0 radical (unpaired) electrons. The van der Waals surface area contributed by atoms with Crippen LogP contribution < -0.4 is 11.1 Å². The summed E-state index contributed by atoms with van der Waals surface area (Å²) in [5.41, 5.74) is 6.31. The molecule has 0 spiro atoms. The van der Waals surface area contributed by atoms with Crippen molar-refractivity contribution in [3.63, 3.8) is 0 Å². The maximum Gasteiger partial charge on any atom is 0.263 e. The minimum atomic E-state index is -0.344. The molecule has 1 aromatic carbocycles. The lowest BCUT2D eigenvalue weighted by Gasteiger charge is -2.11. The highest BCUT2D eigenvalue weighted by molar-refractivity contribution is 7.21. The van der Waals surface area contributed by atoms with Crippen molar-refractivity contribution in [2.24, 2.45) is 0 Å². The molecule has 1 amide bonds. The standard InChI is InChI=1S/C14H13FN2OS/c15-8-5-6-11-10(7-8)12(16)13(19-11)14(18)17-9-3-1-2-4-9/h1-2,5-7,9H,3-4,16H2,(H,17,18). The molecule has 3 rings (SSSR count). The van der Waals surface area contributed by atoms with Crippen molar-refractivity contribution in [2.45, 2.75) is 18.9 Å². The number of anilines is 1. The molecule has 0 bridgehead atoms. The molecule has 19 heavy (non-hydrogen) atoms. The van der Waals surface area contributed by atoms with Gasteiger partial charge in [0.15, 0.2) is 0 Å². The number of carbonyl (C=O) groups is 1. The van der Waals surface area contributed by atoms with E-state index in [1.807, 2.05) is 0 Å². The third-order valence-corrected chi connectivity index (χ3v) is 4.42. The van der Waals surface area contributed by atoms with E-state index in [-0.39, 0.29) is 17.8 Å². The van der Waals surface area contributed by atoms with E-state index in [4.69, 9.17) is 5.73 Å². The average molecular weight is 276 g/mol. The number of rotatable bonds is 2. The van der Waals surface area contributed by atoms with E-state index < -0.39 is 0 Å². The summed E-state index contributed by atoms with van der Waals surface area (Å²) in [6.07, 6.45) is 5.81. The van der Waals surface area contributed by atoms with Gasteiger partial charge in [0.25, 0.3) is 5.91 Å². The normalized spacial score (nSPS) is 15.2. The van der Waals surface area contributed by atoms with Crippen molar-refractivity contribution in [3.8, 4) is 0 Å². The molecule has 0 fully saturated rings. The molecular weight excluding hydrogens is 263 g/mol. The van der Waals surface area contributed by atoms with Crippen LogP contribution in [0, 0.1) is 5.82 Å². The fourth-order valence-corrected chi connectivity index (χ4v) is 3.25. The molecule has 5 heteroatoms. The van der Waals surface area contributed by atoms with Gasteiger partial charge in [0, 0.05) is 16.1 Å². The Labute approximate surface area is 113 Å². The summed E-state index contributed by atoms with van der Waals surface area (Å²) in [7, 11) is 0. The molecule has 0 atom stereocenters. The second kappa shape index (κ2) is 4.66. The number of fused-ring (bicyclic) bond motifs is 1. The minimum Gasteiger partial charge on any atom is -0.397 e. The Morgan fingerprint density at radius 3 is 2.84 bits per heavy atom. The summed E-state index contributed by atoms with van der Waals surface area (Å²) in [4.78, 5) is 12.6. The van der Waals surface area contributed by atoms with Crippen LogP contribution in [0.4, 0.5) is 10.1 Å². The summed E-state index contributed by atoms with van der Waals surface area (Å²) in [5.74, 6) is -0.517. The van der Waals surface area contributed by atoms with Gasteiger partial charge in [-0.1, -0.05) is 12.2 Å². The van der Waals surface area contributed by atoms with Gasteiger partial charge in [0.2, 0.25) is 0 Å². The third-order valence-electron chi connectivity index (χ3n) is 3.24. The molecule has 2 aromatic rings. The van der Waals surface area contributed by atoms with Crippen molar-refractivity contribution in [3.05, 3.63) is 41.0 Å². The van der Waals surface area contributed by atoms with Crippen LogP contribution in [0.3, 0.4) is 0 Å². The second-order valence-electron chi connectivity index (χ2n) is 4.60.